The van der Waals surface area contributed by atoms with Gasteiger partial charge in [-0.3, -0.25) is 4.79 Å². The maximum atomic E-state index is 12.7. The first-order valence-electron chi connectivity index (χ1n) is 10.9. The van der Waals surface area contributed by atoms with Crippen molar-refractivity contribution < 1.29 is 14.3 Å². The normalized spacial score (nSPS) is 10.9. The molecular formula is C28H24BrIN2O3. The van der Waals surface area contributed by atoms with Gasteiger partial charge < -0.3 is 14.8 Å². The van der Waals surface area contributed by atoms with E-state index in [1.165, 1.54) is 0 Å². The fourth-order valence-corrected chi connectivity index (χ4v) is 4.08. The summed E-state index contributed by atoms with van der Waals surface area (Å²) in [6.07, 6.45) is 3.86. The van der Waals surface area contributed by atoms with E-state index in [0.717, 1.165) is 19.2 Å². The van der Waals surface area contributed by atoms with Crippen molar-refractivity contribution in [3.63, 3.8) is 0 Å². The van der Waals surface area contributed by atoms with Gasteiger partial charge in [-0.25, -0.2) is 0 Å². The van der Waals surface area contributed by atoms with Crippen LogP contribution in [0.3, 0.4) is 0 Å². The number of carbonyl (C=O) groups is 1. The lowest BCUT2D eigenvalue weighted by Gasteiger charge is -2.17. The minimum absolute atomic E-state index is 0.0236. The zero-order valence-electron chi connectivity index (χ0n) is 19.2. The van der Waals surface area contributed by atoms with Gasteiger partial charge in [-0.05, 0) is 95.6 Å². The lowest BCUT2D eigenvalue weighted by Crippen LogP contribution is -2.13. The maximum absolute atomic E-state index is 12.7. The number of carbonyl (C=O) groups excluding carboxylic acids is 1. The van der Waals surface area contributed by atoms with Gasteiger partial charge in [0.1, 0.15) is 18.2 Å². The highest BCUT2D eigenvalue weighted by atomic mass is 127. The van der Waals surface area contributed by atoms with Crippen molar-refractivity contribution in [1.82, 2.24) is 0 Å². The van der Waals surface area contributed by atoms with Gasteiger partial charge in [0.25, 0.3) is 5.91 Å². The minimum atomic E-state index is -0.493. The molecule has 5 nitrogen and oxygen atoms in total. The molecule has 0 bridgehead atoms. The first-order valence-corrected chi connectivity index (χ1v) is 12.8. The average Bonchev–Trinajstić information content (AvgIpc) is 2.83. The van der Waals surface area contributed by atoms with Crippen molar-refractivity contribution in [1.29, 1.82) is 5.26 Å². The van der Waals surface area contributed by atoms with Crippen molar-refractivity contribution in [2.45, 2.75) is 20.0 Å². The van der Waals surface area contributed by atoms with Crippen LogP contribution in [0.4, 0.5) is 5.69 Å². The summed E-state index contributed by atoms with van der Waals surface area (Å²) in [4.78, 5) is 12.7. The van der Waals surface area contributed by atoms with Gasteiger partial charge >= 0.3 is 0 Å². The lowest BCUT2D eigenvalue weighted by atomic mass is 10.0. The molecule has 1 amide bonds. The summed E-state index contributed by atoms with van der Waals surface area (Å²) in [7, 11) is 0. The van der Waals surface area contributed by atoms with Crippen LogP contribution < -0.4 is 14.8 Å². The van der Waals surface area contributed by atoms with Gasteiger partial charge in [0.2, 0.25) is 0 Å². The van der Waals surface area contributed by atoms with Crippen LogP contribution in [-0.2, 0) is 17.8 Å². The molecule has 0 fully saturated rings. The Kier molecular flexibility index (Phi) is 9.94. The summed E-state index contributed by atoms with van der Waals surface area (Å²) < 4.78 is 14.0. The Morgan fingerprint density at radius 3 is 2.60 bits per heavy atom. The van der Waals surface area contributed by atoms with Crippen LogP contribution in [0, 0.1) is 14.9 Å². The number of halogens is 2. The van der Waals surface area contributed by atoms with Crippen LogP contribution in [-0.4, -0.2) is 12.5 Å². The highest BCUT2D eigenvalue weighted by Crippen LogP contribution is 2.35. The molecule has 3 aromatic carbocycles. The van der Waals surface area contributed by atoms with Crippen molar-refractivity contribution in [3.8, 4) is 17.6 Å². The number of nitrogens with one attached hydrogen (secondary N) is 1. The zero-order valence-corrected chi connectivity index (χ0v) is 22.9. The van der Waals surface area contributed by atoms with Gasteiger partial charge in [0.15, 0.2) is 11.5 Å². The van der Waals surface area contributed by atoms with Crippen LogP contribution in [0.1, 0.15) is 23.6 Å². The van der Waals surface area contributed by atoms with E-state index in [1.807, 2.05) is 49.4 Å². The maximum Gasteiger partial charge on any atom is 0.266 e. The predicted octanol–water partition coefficient (Wildman–Crippen LogP) is 7.31. The molecule has 0 saturated carbocycles. The monoisotopic (exact) mass is 642 g/mol. The summed E-state index contributed by atoms with van der Waals surface area (Å²) >= 11 is 5.64. The van der Waals surface area contributed by atoms with Crippen LogP contribution in [0.25, 0.3) is 6.08 Å². The molecule has 0 aliphatic rings. The summed E-state index contributed by atoms with van der Waals surface area (Å²) in [6, 6.07) is 21.0. The summed E-state index contributed by atoms with van der Waals surface area (Å²) in [5.74, 6) is 0.681. The van der Waals surface area contributed by atoms with E-state index in [4.69, 9.17) is 9.47 Å². The topological polar surface area (TPSA) is 71.4 Å². The highest BCUT2D eigenvalue weighted by Gasteiger charge is 2.15. The van der Waals surface area contributed by atoms with Crippen LogP contribution in [0.2, 0.25) is 0 Å². The third kappa shape index (κ3) is 7.70. The van der Waals surface area contributed by atoms with Gasteiger partial charge in [-0.1, -0.05) is 40.2 Å². The molecule has 0 atom stereocenters. The standard InChI is InChI=1S/C28H24BrIN2O3/c1-3-6-21-13-20(14-22(17-31)28(33)32-25-8-5-7-23(29)16-25)15-26(34-4-2)27(21)35-18-19-9-11-24(30)12-10-19/h3,5,7-16H,1,4,6,18H2,2H3,(H,32,33)/b22-14-. The second-order valence-corrected chi connectivity index (χ2v) is 9.64. The van der Waals surface area contributed by atoms with Crippen LogP contribution >= 0.6 is 38.5 Å². The van der Waals surface area contributed by atoms with Crippen molar-refractivity contribution in [2.75, 3.05) is 11.9 Å². The van der Waals surface area contributed by atoms with Gasteiger partial charge in [0, 0.05) is 19.3 Å². The number of anilines is 1. The molecule has 0 aliphatic heterocycles. The Bertz CT molecular complexity index is 1280. The molecule has 0 radical (unpaired) electrons. The van der Waals surface area contributed by atoms with E-state index in [2.05, 4.69) is 50.4 Å². The average molecular weight is 643 g/mol. The minimum Gasteiger partial charge on any atom is -0.490 e. The van der Waals surface area contributed by atoms with Crippen molar-refractivity contribution >= 4 is 56.2 Å². The number of benzene rings is 3. The molecular weight excluding hydrogens is 619 g/mol. The first-order chi connectivity index (χ1) is 16.9. The molecule has 0 spiro atoms. The number of nitriles is 1. The van der Waals surface area contributed by atoms with Crippen LogP contribution in [0.15, 0.2) is 83.4 Å². The molecule has 0 aromatic heterocycles. The molecule has 3 rings (SSSR count). The first kappa shape index (κ1) is 26.5. The third-order valence-corrected chi connectivity index (χ3v) is 6.09. The summed E-state index contributed by atoms with van der Waals surface area (Å²) in [5, 5.41) is 12.4. The van der Waals surface area contributed by atoms with Crippen molar-refractivity contribution in [2.24, 2.45) is 0 Å². The number of nitrogens with zero attached hydrogens (tertiary/aromatic N) is 1. The Labute approximate surface area is 227 Å². The number of ether oxygens (including phenoxy) is 2. The predicted molar refractivity (Wildman–Crippen MR) is 151 cm³/mol. The van der Waals surface area contributed by atoms with E-state index >= 15 is 0 Å². The molecule has 0 heterocycles. The zero-order chi connectivity index (χ0) is 25.2. The molecule has 0 unspecified atom stereocenters. The Hall–Kier alpha value is -3.09. The van der Waals surface area contributed by atoms with E-state index in [1.54, 1.807) is 36.4 Å². The Balaban J connectivity index is 1.92. The van der Waals surface area contributed by atoms with E-state index in [9.17, 15) is 10.1 Å². The molecule has 3 aromatic rings. The number of hydrogen-bond donors (Lipinski definition) is 1. The van der Waals surface area contributed by atoms with E-state index in [-0.39, 0.29) is 5.57 Å². The van der Waals surface area contributed by atoms with Gasteiger partial charge in [-0.2, -0.15) is 5.26 Å². The second kappa shape index (κ2) is 13.1. The smallest absolute Gasteiger partial charge is 0.266 e. The summed E-state index contributed by atoms with van der Waals surface area (Å²) in [5.41, 5.74) is 3.12. The van der Waals surface area contributed by atoms with Gasteiger partial charge in [-0.15, -0.1) is 6.58 Å². The molecule has 35 heavy (non-hydrogen) atoms. The Morgan fingerprint density at radius 2 is 1.94 bits per heavy atom. The molecule has 0 aliphatic carbocycles. The quantitative estimate of drug-likeness (QED) is 0.109. The third-order valence-electron chi connectivity index (χ3n) is 4.87. The lowest BCUT2D eigenvalue weighted by molar-refractivity contribution is -0.112. The fourth-order valence-electron chi connectivity index (χ4n) is 3.32. The van der Waals surface area contributed by atoms with Crippen molar-refractivity contribution in [3.05, 3.63) is 104 Å². The van der Waals surface area contributed by atoms with E-state index in [0.29, 0.717) is 42.4 Å². The molecule has 7 heteroatoms. The summed E-state index contributed by atoms with van der Waals surface area (Å²) in [6.45, 7) is 6.57. The molecule has 1 N–H and O–H groups in total. The van der Waals surface area contributed by atoms with E-state index < -0.39 is 5.91 Å². The largest absolute Gasteiger partial charge is 0.490 e. The number of amides is 1. The molecule has 178 valence electrons. The van der Waals surface area contributed by atoms with Gasteiger partial charge in [0.05, 0.1) is 6.61 Å². The SMILES string of the molecule is C=CCc1cc(/C=C(/C#N)C(=O)Nc2cccc(Br)c2)cc(OCC)c1OCc1ccc(I)cc1. The fraction of sp³-hybridized carbons (Fsp3) is 0.143. The second-order valence-electron chi connectivity index (χ2n) is 7.48. The highest BCUT2D eigenvalue weighted by molar-refractivity contribution is 14.1. The number of rotatable bonds is 10. The Morgan fingerprint density at radius 1 is 1.17 bits per heavy atom. The number of hydrogen-bond acceptors (Lipinski definition) is 4. The van der Waals surface area contributed by atoms with Crippen LogP contribution in [0.5, 0.6) is 11.5 Å². The molecule has 0 saturated heterocycles. The number of allylic oxidation sites excluding steroid dienone is 1.